The van der Waals surface area contributed by atoms with Crippen LogP contribution in [0.15, 0.2) is 84.1 Å². The predicted molar refractivity (Wildman–Crippen MR) is 150 cm³/mol. The summed E-state index contributed by atoms with van der Waals surface area (Å²) in [6.07, 6.45) is 6.91. The molecule has 0 aromatic heterocycles. The molecule has 2 heterocycles. The maximum atomic E-state index is 6.17. The van der Waals surface area contributed by atoms with E-state index >= 15 is 0 Å². The highest BCUT2D eigenvalue weighted by atomic mass is 16.5. The molecule has 0 bridgehead atoms. The number of nitrogens with zero attached hydrogens (tertiary/aromatic N) is 2. The van der Waals surface area contributed by atoms with Gasteiger partial charge in [0.1, 0.15) is 11.5 Å². The number of ether oxygens (including phenoxy) is 2. The molecule has 3 aromatic carbocycles. The van der Waals surface area contributed by atoms with Crippen molar-refractivity contribution in [3.8, 4) is 11.5 Å². The molecule has 4 nitrogen and oxygen atoms in total. The van der Waals surface area contributed by atoms with Gasteiger partial charge in [-0.05, 0) is 85.9 Å². The van der Waals surface area contributed by atoms with Crippen molar-refractivity contribution >= 4 is 5.69 Å². The van der Waals surface area contributed by atoms with E-state index in [1.807, 2.05) is 0 Å². The maximum Gasteiger partial charge on any atom is 0.161 e. The molecule has 0 atom stereocenters. The Morgan fingerprint density at radius 2 is 1.41 bits per heavy atom. The van der Waals surface area contributed by atoms with Crippen LogP contribution in [0.5, 0.6) is 11.5 Å². The quantitative estimate of drug-likeness (QED) is 0.378. The molecular formula is C33H36N2O2. The lowest BCUT2D eigenvalue weighted by Gasteiger charge is -2.35. The first-order chi connectivity index (χ1) is 17.9. The standard InChI is InChI=1S/C33H36N2O2/c1-23-7-5-9-29(15-23)34-19-25-17-27(11-13-31(25)36-21-34)33(3,4)28-12-14-32-26(18-28)20-35(22-37-32)30-10-6-8-24(2)16-30/h5,7,9-18H,6,8,19-22H2,1-4H3. The van der Waals surface area contributed by atoms with E-state index in [4.69, 9.17) is 9.47 Å². The number of aryl methyl sites for hydroxylation is 1. The lowest BCUT2D eigenvalue weighted by molar-refractivity contribution is 0.131. The van der Waals surface area contributed by atoms with Crippen molar-refractivity contribution in [3.05, 3.63) is 112 Å². The molecule has 0 N–H and O–H groups in total. The number of hydrogen-bond donors (Lipinski definition) is 0. The number of hydrogen-bond acceptors (Lipinski definition) is 4. The van der Waals surface area contributed by atoms with Gasteiger partial charge in [0.25, 0.3) is 0 Å². The predicted octanol–water partition coefficient (Wildman–Crippen LogP) is 7.45. The van der Waals surface area contributed by atoms with Gasteiger partial charge in [-0.1, -0.05) is 49.8 Å². The molecule has 0 fully saturated rings. The van der Waals surface area contributed by atoms with Gasteiger partial charge in [0.15, 0.2) is 13.5 Å². The van der Waals surface area contributed by atoms with Gasteiger partial charge in [-0.3, -0.25) is 0 Å². The van der Waals surface area contributed by atoms with E-state index in [2.05, 4.69) is 110 Å². The molecule has 0 unspecified atom stereocenters. The largest absolute Gasteiger partial charge is 0.473 e. The monoisotopic (exact) mass is 492 g/mol. The van der Waals surface area contributed by atoms with E-state index < -0.39 is 0 Å². The van der Waals surface area contributed by atoms with Crippen LogP contribution in [-0.4, -0.2) is 18.4 Å². The molecular weight excluding hydrogens is 456 g/mol. The molecule has 190 valence electrons. The molecule has 0 spiro atoms. The van der Waals surface area contributed by atoms with E-state index in [0.29, 0.717) is 13.5 Å². The van der Waals surface area contributed by atoms with Crippen LogP contribution in [-0.2, 0) is 18.5 Å². The summed E-state index contributed by atoms with van der Waals surface area (Å²) in [5.41, 5.74) is 10.1. The van der Waals surface area contributed by atoms with Crippen molar-refractivity contribution in [3.63, 3.8) is 0 Å². The SMILES string of the molecule is CC1=CC(N2COc3ccc(C(C)(C)c4ccc5c(c4)CN(c4cccc(C)c4)CO5)cc3C2)=CCC1. The van der Waals surface area contributed by atoms with Crippen LogP contribution >= 0.6 is 0 Å². The van der Waals surface area contributed by atoms with Gasteiger partial charge in [-0.25, -0.2) is 0 Å². The third-order valence-electron chi connectivity index (χ3n) is 8.06. The molecule has 3 aliphatic rings. The first-order valence-electron chi connectivity index (χ1n) is 13.3. The second-order valence-corrected chi connectivity index (χ2v) is 11.2. The van der Waals surface area contributed by atoms with Gasteiger partial charge in [0.05, 0.1) is 0 Å². The van der Waals surface area contributed by atoms with Crippen LogP contribution in [0, 0.1) is 6.92 Å². The van der Waals surface area contributed by atoms with Crippen molar-refractivity contribution in [2.24, 2.45) is 0 Å². The number of rotatable bonds is 4. The third-order valence-corrected chi connectivity index (χ3v) is 8.06. The van der Waals surface area contributed by atoms with Crippen molar-refractivity contribution in [1.82, 2.24) is 4.90 Å². The second kappa shape index (κ2) is 9.33. The average Bonchev–Trinajstić information content (AvgIpc) is 2.91. The van der Waals surface area contributed by atoms with Crippen molar-refractivity contribution < 1.29 is 9.47 Å². The Balaban J connectivity index is 1.26. The minimum atomic E-state index is -0.154. The lowest BCUT2D eigenvalue weighted by Crippen LogP contribution is -2.32. The lowest BCUT2D eigenvalue weighted by atomic mass is 9.77. The summed E-state index contributed by atoms with van der Waals surface area (Å²) in [6, 6.07) is 22.1. The Bertz CT molecular complexity index is 1400. The van der Waals surface area contributed by atoms with Gasteiger partial charge in [-0.15, -0.1) is 0 Å². The Kier molecular flexibility index (Phi) is 5.98. The van der Waals surface area contributed by atoms with Crippen LogP contribution in [0.1, 0.15) is 61.4 Å². The van der Waals surface area contributed by atoms with Gasteiger partial charge < -0.3 is 19.3 Å². The summed E-state index contributed by atoms with van der Waals surface area (Å²) in [7, 11) is 0. The Morgan fingerprint density at radius 3 is 2.05 bits per heavy atom. The van der Waals surface area contributed by atoms with Crippen molar-refractivity contribution in [2.75, 3.05) is 18.4 Å². The average molecular weight is 493 g/mol. The molecule has 0 saturated carbocycles. The minimum absolute atomic E-state index is 0.154. The molecule has 0 saturated heterocycles. The molecule has 0 amide bonds. The van der Waals surface area contributed by atoms with Crippen LogP contribution in [0.3, 0.4) is 0 Å². The van der Waals surface area contributed by atoms with E-state index in [1.54, 1.807) is 0 Å². The molecule has 2 aliphatic heterocycles. The summed E-state index contributed by atoms with van der Waals surface area (Å²) in [4.78, 5) is 4.64. The van der Waals surface area contributed by atoms with Crippen LogP contribution in [0.2, 0.25) is 0 Å². The molecule has 1 aliphatic carbocycles. The zero-order valence-electron chi connectivity index (χ0n) is 22.4. The van der Waals surface area contributed by atoms with Crippen LogP contribution < -0.4 is 14.4 Å². The summed E-state index contributed by atoms with van der Waals surface area (Å²) in [5.74, 6) is 1.99. The fourth-order valence-electron chi connectivity index (χ4n) is 5.64. The van der Waals surface area contributed by atoms with E-state index in [9.17, 15) is 0 Å². The Labute approximate surface area is 220 Å². The van der Waals surface area contributed by atoms with E-state index in [1.165, 1.54) is 44.8 Å². The number of anilines is 1. The normalized spacial score (nSPS) is 17.2. The smallest absolute Gasteiger partial charge is 0.161 e. The number of fused-ring (bicyclic) bond motifs is 2. The minimum Gasteiger partial charge on any atom is -0.473 e. The molecule has 4 heteroatoms. The molecule has 37 heavy (non-hydrogen) atoms. The second-order valence-electron chi connectivity index (χ2n) is 11.2. The summed E-state index contributed by atoms with van der Waals surface area (Å²) in [5, 5.41) is 0. The highest BCUT2D eigenvalue weighted by Gasteiger charge is 2.28. The van der Waals surface area contributed by atoms with Crippen molar-refractivity contribution in [1.29, 1.82) is 0 Å². The third kappa shape index (κ3) is 4.61. The maximum absolute atomic E-state index is 6.17. The summed E-state index contributed by atoms with van der Waals surface area (Å²) >= 11 is 0. The van der Waals surface area contributed by atoms with Gasteiger partial charge in [-0.2, -0.15) is 0 Å². The van der Waals surface area contributed by atoms with Gasteiger partial charge >= 0.3 is 0 Å². The Hall–Kier alpha value is -3.66. The summed E-state index contributed by atoms with van der Waals surface area (Å²) < 4.78 is 12.3. The molecule has 6 rings (SSSR count). The number of benzene rings is 3. The van der Waals surface area contributed by atoms with E-state index in [0.717, 1.165) is 37.4 Å². The van der Waals surface area contributed by atoms with E-state index in [-0.39, 0.29) is 5.41 Å². The number of allylic oxidation sites excluding steroid dienone is 3. The zero-order valence-corrected chi connectivity index (χ0v) is 22.4. The molecule has 3 aromatic rings. The van der Waals surface area contributed by atoms with Crippen LogP contribution in [0.4, 0.5) is 5.69 Å². The molecule has 0 radical (unpaired) electrons. The summed E-state index contributed by atoms with van der Waals surface area (Å²) in [6.45, 7) is 11.9. The Morgan fingerprint density at radius 1 is 0.757 bits per heavy atom. The highest BCUT2D eigenvalue weighted by Crippen LogP contribution is 2.39. The first-order valence-corrected chi connectivity index (χ1v) is 13.3. The van der Waals surface area contributed by atoms with Gasteiger partial charge in [0.2, 0.25) is 0 Å². The first kappa shape index (κ1) is 23.7. The van der Waals surface area contributed by atoms with Crippen molar-refractivity contribution in [2.45, 2.75) is 59.0 Å². The topological polar surface area (TPSA) is 24.9 Å². The van der Waals surface area contributed by atoms with Gasteiger partial charge in [0, 0.05) is 41.0 Å². The zero-order chi connectivity index (χ0) is 25.6. The fraction of sp³-hybridized carbons (Fsp3) is 0.333. The van der Waals surface area contributed by atoms with Crippen LogP contribution in [0.25, 0.3) is 0 Å². The fourth-order valence-corrected chi connectivity index (χ4v) is 5.64. The highest BCUT2D eigenvalue weighted by molar-refractivity contribution is 5.53.